The second-order valence-electron chi connectivity index (χ2n) is 4.21. The van der Waals surface area contributed by atoms with Crippen LogP contribution in [0.3, 0.4) is 0 Å². The van der Waals surface area contributed by atoms with Gasteiger partial charge in [0, 0.05) is 0 Å². The fourth-order valence-corrected chi connectivity index (χ4v) is 2.76. The van der Waals surface area contributed by atoms with Gasteiger partial charge in [-0.15, -0.1) is 0 Å². The van der Waals surface area contributed by atoms with Crippen LogP contribution in [-0.2, 0) is 20.7 Å². The van der Waals surface area contributed by atoms with Crippen molar-refractivity contribution < 1.29 is 17.3 Å². The van der Waals surface area contributed by atoms with Crippen LogP contribution in [0.5, 0.6) is 5.75 Å². The van der Waals surface area contributed by atoms with Crippen molar-refractivity contribution in [2.24, 2.45) is 5.92 Å². The van der Waals surface area contributed by atoms with Crippen molar-refractivity contribution >= 4 is 10.1 Å². The molecule has 1 atom stereocenters. The van der Waals surface area contributed by atoms with Gasteiger partial charge in [0.2, 0.25) is 0 Å². The van der Waals surface area contributed by atoms with E-state index in [0.29, 0.717) is 13.0 Å². The Balaban J connectivity index is 1.95. The largest absolute Gasteiger partial charge is 0.493 e. The van der Waals surface area contributed by atoms with E-state index in [9.17, 15) is 8.42 Å². The molecule has 1 aliphatic heterocycles. The van der Waals surface area contributed by atoms with Gasteiger partial charge in [0.1, 0.15) is 5.75 Å². The van der Waals surface area contributed by atoms with Crippen molar-refractivity contribution in [1.29, 1.82) is 0 Å². The van der Waals surface area contributed by atoms with E-state index in [1.165, 1.54) is 7.11 Å². The van der Waals surface area contributed by atoms with Crippen LogP contribution in [0.15, 0.2) is 24.3 Å². The van der Waals surface area contributed by atoms with Gasteiger partial charge in [-0.25, -0.2) is 0 Å². The van der Waals surface area contributed by atoms with E-state index < -0.39 is 10.1 Å². The van der Waals surface area contributed by atoms with Gasteiger partial charge in [-0.1, -0.05) is 18.2 Å². The van der Waals surface area contributed by atoms with Crippen LogP contribution in [0.2, 0.25) is 0 Å². The first-order valence-corrected chi connectivity index (χ1v) is 7.17. The first kappa shape index (κ1) is 12.4. The number of ether oxygens (including phenoxy) is 1. The van der Waals surface area contributed by atoms with E-state index in [1.54, 1.807) is 0 Å². The SMILES string of the molecule is COS(=O)(=O)CCC1COc2ccccc2C1. The number of hydrogen-bond acceptors (Lipinski definition) is 4. The zero-order valence-corrected chi connectivity index (χ0v) is 10.6. The third-order valence-corrected chi connectivity index (χ3v) is 4.23. The molecule has 0 saturated carbocycles. The molecular weight excluding hydrogens is 240 g/mol. The van der Waals surface area contributed by atoms with Gasteiger partial charge < -0.3 is 4.74 Å². The van der Waals surface area contributed by atoms with E-state index in [4.69, 9.17) is 4.74 Å². The van der Waals surface area contributed by atoms with Crippen LogP contribution in [0, 0.1) is 5.92 Å². The molecule has 1 heterocycles. The normalized spacial score (nSPS) is 19.5. The van der Waals surface area contributed by atoms with Crippen molar-refractivity contribution in [1.82, 2.24) is 0 Å². The maximum absolute atomic E-state index is 11.2. The lowest BCUT2D eigenvalue weighted by molar-refractivity contribution is 0.218. The summed E-state index contributed by atoms with van der Waals surface area (Å²) in [6.07, 6.45) is 1.44. The molecule has 0 aromatic heterocycles. The number of para-hydroxylation sites is 1. The molecule has 0 amide bonds. The Morgan fingerprint density at radius 3 is 2.94 bits per heavy atom. The number of fused-ring (bicyclic) bond motifs is 1. The highest BCUT2D eigenvalue weighted by Gasteiger charge is 2.21. The van der Waals surface area contributed by atoms with Crippen molar-refractivity contribution in [3.63, 3.8) is 0 Å². The van der Waals surface area contributed by atoms with Gasteiger partial charge in [0.05, 0.1) is 19.5 Å². The lowest BCUT2D eigenvalue weighted by atomic mass is 9.95. The van der Waals surface area contributed by atoms with Crippen molar-refractivity contribution in [3.05, 3.63) is 29.8 Å². The maximum atomic E-state index is 11.2. The van der Waals surface area contributed by atoms with Gasteiger partial charge in [0.25, 0.3) is 10.1 Å². The smallest absolute Gasteiger partial charge is 0.267 e. The summed E-state index contributed by atoms with van der Waals surface area (Å²) in [5, 5.41) is 0. The Morgan fingerprint density at radius 2 is 2.18 bits per heavy atom. The monoisotopic (exact) mass is 256 g/mol. The van der Waals surface area contributed by atoms with Crippen LogP contribution in [0.25, 0.3) is 0 Å². The van der Waals surface area contributed by atoms with E-state index >= 15 is 0 Å². The lowest BCUT2D eigenvalue weighted by Crippen LogP contribution is -2.23. The highest BCUT2D eigenvalue weighted by molar-refractivity contribution is 7.86. The summed E-state index contributed by atoms with van der Waals surface area (Å²) in [4.78, 5) is 0. The first-order chi connectivity index (χ1) is 8.11. The van der Waals surface area contributed by atoms with E-state index in [-0.39, 0.29) is 11.7 Å². The zero-order valence-electron chi connectivity index (χ0n) is 9.76. The van der Waals surface area contributed by atoms with Crippen molar-refractivity contribution in [2.45, 2.75) is 12.8 Å². The van der Waals surface area contributed by atoms with Crippen LogP contribution < -0.4 is 4.74 Å². The molecule has 0 aliphatic carbocycles. The van der Waals surface area contributed by atoms with Gasteiger partial charge >= 0.3 is 0 Å². The predicted octanol–water partition coefficient (Wildman–Crippen LogP) is 1.60. The first-order valence-electron chi connectivity index (χ1n) is 5.60. The predicted molar refractivity (Wildman–Crippen MR) is 64.5 cm³/mol. The van der Waals surface area contributed by atoms with Gasteiger partial charge in [-0.2, -0.15) is 8.42 Å². The van der Waals surface area contributed by atoms with Crippen LogP contribution in [0.1, 0.15) is 12.0 Å². The third-order valence-electron chi connectivity index (χ3n) is 2.99. The number of rotatable bonds is 4. The molecule has 0 radical (unpaired) electrons. The molecule has 5 heteroatoms. The van der Waals surface area contributed by atoms with Crippen LogP contribution >= 0.6 is 0 Å². The fraction of sp³-hybridized carbons (Fsp3) is 0.500. The summed E-state index contributed by atoms with van der Waals surface area (Å²) in [5.41, 5.74) is 1.15. The van der Waals surface area contributed by atoms with Gasteiger partial charge in [0.15, 0.2) is 0 Å². The summed E-state index contributed by atoms with van der Waals surface area (Å²) in [7, 11) is -2.16. The summed E-state index contributed by atoms with van der Waals surface area (Å²) in [6.45, 7) is 0.580. The van der Waals surface area contributed by atoms with E-state index in [1.807, 2.05) is 24.3 Å². The molecule has 94 valence electrons. The van der Waals surface area contributed by atoms with Crippen molar-refractivity contribution in [2.75, 3.05) is 19.5 Å². The van der Waals surface area contributed by atoms with Crippen LogP contribution in [0.4, 0.5) is 0 Å². The standard InChI is InChI=1S/C12H16O4S/c1-15-17(13,14)7-6-10-8-11-4-2-3-5-12(11)16-9-10/h2-5,10H,6-9H2,1H3. The molecular formula is C12H16O4S. The Hall–Kier alpha value is -1.07. The van der Waals surface area contributed by atoms with Crippen molar-refractivity contribution in [3.8, 4) is 5.75 Å². The van der Waals surface area contributed by atoms with E-state index in [0.717, 1.165) is 17.7 Å². The lowest BCUT2D eigenvalue weighted by Gasteiger charge is -2.24. The molecule has 1 aromatic carbocycles. The quantitative estimate of drug-likeness (QED) is 0.768. The molecule has 1 aliphatic rings. The summed E-state index contributed by atoms with van der Waals surface area (Å²) in [6, 6.07) is 7.87. The summed E-state index contributed by atoms with van der Waals surface area (Å²) < 4.78 is 32.5. The molecule has 0 N–H and O–H groups in total. The molecule has 4 nitrogen and oxygen atoms in total. The minimum absolute atomic E-state index is 0.0553. The minimum Gasteiger partial charge on any atom is -0.493 e. The van der Waals surface area contributed by atoms with E-state index in [2.05, 4.69) is 4.18 Å². The average Bonchev–Trinajstić information content (AvgIpc) is 2.36. The highest BCUT2D eigenvalue weighted by atomic mass is 32.2. The second kappa shape index (κ2) is 5.06. The molecule has 2 rings (SSSR count). The van der Waals surface area contributed by atoms with Gasteiger partial charge in [-0.3, -0.25) is 4.18 Å². The molecule has 1 aromatic rings. The topological polar surface area (TPSA) is 52.6 Å². The Bertz CT molecular complexity index is 481. The molecule has 0 fully saturated rings. The average molecular weight is 256 g/mol. The summed E-state index contributed by atoms with van der Waals surface area (Å²) >= 11 is 0. The number of benzene rings is 1. The maximum Gasteiger partial charge on any atom is 0.267 e. The van der Waals surface area contributed by atoms with Crippen LogP contribution in [-0.4, -0.2) is 27.9 Å². The zero-order chi connectivity index (χ0) is 12.3. The number of hydrogen-bond donors (Lipinski definition) is 0. The molecule has 17 heavy (non-hydrogen) atoms. The highest BCUT2D eigenvalue weighted by Crippen LogP contribution is 2.28. The Kier molecular flexibility index (Phi) is 3.69. The molecule has 0 bridgehead atoms. The minimum atomic E-state index is -3.35. The molecule has 0 saturated heterocycles. The second-order valence-corrected chi connectivity index (χ2v) is 6.06. The van der Waals surface area contributed by atoms with Gasteiger partial charge in [-0.05, 0) is 30.4 Å². The Labute approximate surface area is 102 Å². The molecule has 1 unspecified atom stereocenters. The summed E-state index contributed by atoms with van der Waals surface area (Å²) in [5.74, 6) is 1.22. The Morgan fingerprint density at radius 1 is 1.41 bits per heavy atom. The fourth-order valence-electron chi connectivity index (χ4n) is 1.97. The third kappa shape index (κ3) is 3.20. The molecule has 0 spiro atoms.